The summed E-state index contributed by atoms with van der Waals surface area (Å²) in [5.74, 6) is 0.525. The van der Waals surface area contributed by atoms with Crippen LogP contribution in [0.25, 0.3) is 0 Å². The van der Waals surface area contributed by atoms with Gasteiger partial charge in [-0.2, -0.15) is 0 Å². The van der Waals surface area contributed by atoms with E-state index in [0.29, 0.717) is 18.5 Å². The second-order valence-electron chi connectivity index (χ2n) is 6.64. The third kappa shape index (κ3) is 4.73. The number of nitrogens with zero attached hydrogens (tertiary/aromatic N) is 2. The average Bonchev–Trinajstić information content (AvgIpc) is 2.95. The molecule has 138 valence electrons. The van der Waals surface area contributed by atoms with E-state index in [0.717, 1.165) is 17.2 Å². The summed E-state index contributed by atoms with van der Waals surface area (Å²) in [6.07, 6.45) is 0.698. The van der Waals surface area contributed by atoms with Gasteiger partial charge >= 0.3 is 5.97 Å². The van der Waals surface area contributed by atoms with Crippen LogP contribution in [0, 0.1) is 6.92 Å². The lowest BCUT2D eigenvalue weighted by molar-refractivity contribution is -0.140. The molecule has 0 spiro atoms. The number of imidazole rings is 1. The normalized spacial score (nSPS) is 10.6. The fraction of sp³-hybridized carbons (Fsp3) is 0.217. The number of aryl methyl sites for hydroxylation is 1. The highest BCUT2D eigenvalue weighted by molar-refractivity contribution is 5.86. The monoisotopic (exact) mass is 360 g/mol. The quantitative estimate of drug-likeness (QED) is 0.462. The molecule has 27 heavy (non-hydrogen) atoms. The van der Waals surface area contributed by atoms with Crippen molar-refractivity contribution in [2.24, 2.45) is 0 Å². The standard InChI is InChI=1S/C23H24N2O2/c1-17(2)23(26)27-16-22-21(14-19-10-6-4-7-11-19)24-18(3)25(22)15-20-12-8-5-9-13-20/h4-13H,1,14-16H2,2-3H3. The molecule has 0 saturated carbocycles. The molecule has 0 aliphatic heterocycles. The van der Waals surface area contributed by atoms with Crippen LogP contribution < -0.4 is 0 Å². The van der Waals surface area contributed by atoms with Gasteiger partial charge in [-0.1, -0.05) is 67.2 Å². The first-order chi connectivity index (χ1) is 13.0. The Balaban J connectivity index is 1.93. The second-order valence-corrected chi connectivity index (χ2v) is 6.64. The van der Waals surface area contributed by atoms with Gasteiger partial charge in [-0.3, -0.25) is 0 Å². The minimum absolute atomic E-state index is 0.182. The third-order valence-electron chi connectivity index (χ3n) is 4.43. The zero-order valence-electron chi connectivity index (χ0n) is 15.8. The average molecular weight is 360 g/mol. The third-order valence-corrected chi connectivity index (χ3v) is 4.43. The van der Waals surface area contributed by atoms with Gasteiger partial charge in [0, 0.05) is 18.5 Å². The molecule has 0 fully saturated rings. The van der Waals surface area contributed by atoms with Crippen LogP contribution in [0.4, 0.5) is 0 Å². The summed E-state index contributed by atoms with van der Waals surface area (Å²) in [7, 11) is 0. The number of hydrogen-bond donors (Lipinski definition) is 0. The summed E-state index contributed by atoms with van der Waals surface area (Å²) in [6, 6.07) is 20.4. The van der Waals surface area contributed by atoms with Crippen LogP contribution in [0.2, 0.25) is 0 Å². The first kappa shape index (κ1) is 18.6. The Morgan fingerprint density at radius 2 is 1.63 bits per heavy atom. The Kier molecular flexibility index (Phi) is 5.87. The van der Waals surface area contributed by atoms with Crippen molar-refractivity contribution in [3.8, 4) is 0 Å². The number of aromatic nitrogens is 2. The molecule has 2 aromatic carbocycles. The van der Waals surface area contributed by atoms with E-state index in [9.17, 15) is 4.79 Å². The molecule has 4 heteroatoms. The van der Waals surface area contributed by atoms with Crippen molar-refractivity contribution in [1.82, 2.24) is 9.55 Å². The minimum atomic E-state index is -0.384. The van der Waals surface area contributed by atoms with Crippen LogP contribution in [0.1, 0.15) is 35.3 Å². The Bertz CT molecular complexity index is 928. The first-order valence-electron chi connectivity index (χ1n) is 9.00. The molecule has 4 nitrogen and oxygen atoms in total. The molecule has 3 aromatic rings. The van der Waals surface area contributed by atoms with E-state index in [-0.39, 0.29) is 12.6 Å². The van der Waals surface area contributed by atoms with Gasteiger partial charge in [-0.05, 0) is 25.0 Å². The van der Waals surface area contributed by atoms with E-state index in [1.165, 1.54) is 11.1 Å². The van der Waals surface area contributed by atoms with Gasteiger partial charge < -0.3 is 9.30 Å². The number of carbonyl (C=O) groups is 1. The van der Waals surface area contributed by atoms with E-state index in [4.69, 9.17) is 9.72 Å². The molecular weight excluding hydrogens is 336 g/mol. The summed E-state index contributed by atoms with van der Waals surface area (Å²) < 4.78 is 7.58. The van der Waals surface area contributed by atoms with Gasteiger partial charge in [0.15, 0.2) is 0 Å². The Hall–Kier alpha value is -3.14. The summed E-state index contributed by atoms with van der Waals surface area (Å²) in [5, 5.41) is 0. The van der Waals surface area contributed by atoms with Gasteiger partial charge in [0.25, 0.3) is 0 Å². The van der Waals surface area contributed by atoms with Crippen molar-refractivity contribution in [3.05, 3.63) is 101 Å². The molecule has 0 radical (unpaired) electrons. The van der Waals surface area contributed by atoms with Crippen LogP contribution in [0.5, 0.6) is 0 Å². The van der Waals surface area contributed by atoms with Crippen molar-refractivity contribution in [3.63, 3.8) is 0 Å². The van der Waals surface area contributed by atoms with E-state index >= 15 is 0 Å². The van der Waals surface area contributed by atoms with Crippen LogP contribution in [-0.4, -0.2) is 15.5 Å². The highest BCUT2D eigenvalue weighted by Crippen LogP contribution is 2.19. The highest BCUT2D eigenvalue weighted by atomic mass is 16.5. The van der Waals surface area contributed by atoms with E-state index < -0.39 is 0 Å². The molecule has 0 saturated heterocycles. The Labute approximate surface area is 160 Å². The molecule has 0 atom stereocenters. The summed E-state index contributed by atoms with van der Waals surface area (Å²) in [5.41, 5.74) is 4.61. The number of esters is 1. The molecule has 1 heterocycles. The molecule has 0 aliphatic carbocycles. The lowest BCUT2D eigenvalue weighted by Crippen LogP contribution is -2.12. The lowest BCUT2D eigenvalue weighted by Gasteiger charge is -2.12. The second kappa shape index (κ2) is 8.49. The molecular formula is C23H24N2O2. The van der Waals surface area contributed by atoms with Gasteiger partial charge in [0.1, 0.15) is 12.4 Å². The summed E-state index contributed by atoms with van der Waals surface area (Å²) >= 11 is 0. The maximum absolute atomic E-state index is 11.9. The van der Waals surface area contributed by atoms with Crippen molar-refractivity contribution >= 4 is 5.97 Å². The van der Waals surface area contributed by atoms with E-state index in [1.807, 2.05) is 43.3 Å². The first-order valence-corrected chi connectivity index (χ1v) is 9.00. The maximum atomic E-state index is 11.9. The summed E-state index contributed by atoms with van der Waals surface area (Å²) in [6.45, 7) is 8.17. The number of carbonyl (C=O) groups excluding carboxylic acids is 1. The number of benzene rings is 2. The predicted octanol–water partition coefficient (Wildman–Crippen LogP) is 4.45. The zero-order valence-corrected chi connectivity index (χ0v) is 15.8. The highest BCUT2D eigenvalue weighted by Gasteiger charge is 2.17. The van der Waals surface area contributed by atoms with Crippen molar-refractivity contribution in [2.45, 2.75) is 33.4 Å². The van der Waals surface area contributed by atoms with Crippen LogP contribution in [0.3, 0.4) is 0 Å². The molecule has 0 amide bonds. The Morgan fingerprint density at radius 3 is 2.22 bits per heavy atom. The molecule has 0 bridgehead atoms. The van der Waals surface area contributed by atoms with Crippen LogP contribution in [-0.2, 0) is 29.1 Å². The van der Waals surface area contributed by atoms with Gasteiger partial charge in [-0.15, -0.1) is 0 Å². The van der Waals surface area contributed by atoms with Crippen molar-refractivity contribution in [2.75, 3.05) is 0 Å². The van der Waals surface area contributed by atoms with Gasteiger partial charge in [0.05, 0.1) is 11.4 Å². The molecule has 3 rings (SSSR count). The summed E-state index contributed by atoms with van der Waals surface area (Å²) in [4.78, 5) is 16.7. The predicted molar refractivity (Wildman–Crippen MR) is 106 cm³/mol. The molecule has 1 aromatic heterocycles. The number of rotatable bonds is 7. The van der Waals surface area contributed by atoms with E-state index in [2.05, 4.69) is 35.4 Å². The largest absolute Gasteiger partial charge is 0.456 e. The SMILES string of the molecule is C=C(C)C(=O)OCc1c(Cc2ccccc2)nc(C)n1Cc1ccccc1. The van der Waals surface area contributed by atoms with Crippen molar-refractivity contribution < 1.29 is 9.53 Å². The van der Waals surface area contributed by atoms with E-state index in [1.54, 1.807) is 6.92 Å². The van der Waals surface area contributed by atoms with Gasteiger partial charge in [0.2, 0.25) is 0 Å². The molecule has 0 unspecified atom stereocenters. The minimum Gasteiger partial charge on any atom is -0.456 e. The number of ether oxygens (including phenoxy) is 1. The molecule has 0 aliphatic rings. The smallest absolute Gasteiger partial charge is 0.333 e. The maximum Gasteiger partial charge on any atom is 0.333 e. The number of hydrogen-bond acceptors (Lipinski definition) is 3. The zero-order chi connectivity index (χ0) is 19.2. The lowest BCUT2D eigenvalue weighted by atomic mass is 10.1. The topological polar surface area (TPSA) is 44.1 Å². The van der Waals surface area contributed by atoms with Crippen molar-refractivity contribution in [1.29, 1.82) is 0 Å². The fourth-order valence-electron chi connectivity index (χ4n) is 3.00. The molecule has 0 N–H and O–H groups in total. The Morgan fingerprint density at radius 1 is 1.04 bits per heavy atom. The van der Waals surface area contributed by atoms with Crippen LogP contribution >= 0.6 is 0 Å². The van der Waals surface area contributed by atoms with Crippen LogP contribution in [0.15, 0.2) is 72.8 Å². The fourth-order valence-corrected chi connectivity index (χ4v) is 3.00. The van der Waals surface area contributed by atoms with Gasteiger partial charge in [-0.25, -0.2) is 9.78 Å².